The van der Waals surface area contributed by atoms with Crippen molar-refractivity contribution in [1.29, 1.82) is 0 Å². The lowest BCUT2D eigenvalue weighted by atomic mass is 9.77. The molecule has 1 aliphatic carbocycles. The molecule has 2 aliphatic rings. The predicted octanol–water partition coefficient (Wildman–Crippen LogP) is 6.41. The summed E-state index contributed by atoms with van der Waals surface area (Å²) in [5.41, 5.74) is 4.22. The minimum Gasteiger partial charge on any atom is -0.378 e. The Balaban J connectivity index is 1.69. The Morgan fingerprint density at radius 2 is 1.96 bits per heavy atom. The lowest BCUT2D eigenvalue weighted by Gasteiger charge is -2.38. The molecule has 1 heterocycles. The van der Waals surface area contributed by atoms with E-state index in [9.17, 15) is 4.79 Å². The highest BCUT2D eigenvalue weighted by atomic mass is 35.5. The van der Waals surface area contributed by atoms with Crippen LogP contribution in [0.1, 0.15) is 43.4 Å². The van der Waals surface area contributed by atoms with E-state index in [1.54, 1.807) is 6.07 Å². The maximum absolute atomic E-state index is 12.0. The van der Waals surface area contributed by atoms with Gasteiger partial charge in [0.05, 0.1) is 6.04 Å². The number of allylic oxidation sites excluding steroid dienone is 2. The molecule has 0 radical (unpaired) electrons. The van der Waals surface area contributed by atoms with E-state index in [0.29, 0.717) is 21.9 Å². The predicted molar refractivity (Wildman–Crippen MR) is 113 cm³/mol. The first kappa shape index (κ1) is 18.4. The number of anilines is 2. The van der Waals surface area contributed by atoms with Gasteiger partial charge in [-0.2, -0.15) is 0 Å². The molecule has 5 heteroatoms. The van der Waals surface area contributed by atoms with Crippen LogP contribution in [0.2, 0.25) is 10.0 Å². The number of hydrogen-bond donors (Lipinski definition) is 2. The van der Waals surface area contributed by atoms with Gasteiger partial charge in [0.1, 0.15) is 0 Å². The smallest absolute Gasteiger partial charge is 0.226 e. The van der Waals surface area contributed by atoms with Gasteiger partial charge in [0.2, 0.25) is 5.91 Å². The summed E-state index contributed by atoms with van der Waals surface area (Å²) in [5.74, 6) is 0.666. The van der Waals surface area contributed by atoms with Gasteiger partial charge in [-0.25, -0.2) is 0 Å². The standard InChI is InChI=1S/C22H22Cl2N2O/c1-12(2)22(27)25-14-7-9-20-18(11-14)15-4-3-5-16(15)21(26-20)17-8-6-13(23)10-19(17)24/h3-4,6-12,15-16,21,26H,5H2,1-2H3,(H,25,27). The average molecular weight is 401 g/mol. The summed E-state index contributed by atoms with van der Waals surface area (Å²) < 4.78 is 0. The third-order valence-corrected chi connectivity index (χ3v) is 6.01. The SMILES string of the molecule is CC(C)C(=O)Nc1ccc2c(c1)C1C=CCC1C(c1ccc(Cl)cc1Cl)N2. The summed E-state index contributed by atoms with van der Waals surface area (Å²) in [7, 11) is 0. The van der Waals surface area contributed by atoms with Crippen LogP contribution < -0.4 is 10.6 Å². The van der Waals surface area contributed by atoms with Gasteiger partial charge in [0.25, 0.3) is 0 Å². The van der Waals surface area contributed by atoms with Crippen LogP contribution in [-0.2, 0) is 4.79 Å². The van der Waals surface area contributed by atoms with Gasteiger partial charge in [-0.05, 0) is 53.8 Å². The van der Waals surface area contributed by atoms with Gasteiger partial charge in [-0.1, -0.05) is 55.3 Å². The topological polar surface area (TPSA) is 41.1 Å². The van der Waals surface area contributed by atoms with E-state index in [1.165, 1.54) is 5.56 Å². The van der Waals surface area contributed by atoms with Crippen molar-refractivity contribution in [3.63, 3.8) is 0 Å². The van der Waals surface area contributed by atoms with Crippen LogP contribution in [0.25, 0.3) is 0 Å². The number of halogens is 2. The third-order valence-electron chi connectivity index (χ3n) is 5.45. The summed E-state index contributed by atoms with van der Waals surface area (Å²) in [4.78, 5) is 12.0. The van der Waals surface area contributed by atoms with Crippen molar-refractivity contribution in [2.75, 3.05) is 10.6 Å². The van der Waals surface area contributed by atoms with Crippen molar-refractivity contribution in [1.82, 2.24) is 0 Å². The molecule has 0 spiro atoms. The number of carbonyl (C=O) groups is 1. The maximum Gasteiger partial charge on any atom is 0.226 e. The second kappa shape index (κ2) is 7.21. The molecule has 2 aromatic rings. The number of fused-ring (bicyclic) bond motifs is 3. The maximum atomic E-state index is 12.0. The van der Waals surface area contributed by atoms with Crippen LogP contribution in [0, 0.1) is 11.8 Å². The van der Waals surface area contributed by atoms with Gasteiger partial charge in [-0.3, -0.25) is 4.79 Å². The lowest BCUT2D eigenvalue weighted by Crippen LogP contribution is -2.29. The summed E-state index contributed by atoms with van der Waals surface area (Å²) >= 11 is 12.6. The molecule has 4 rings (SSSR count). The largest absolute Gasteiger partial charge is 0.378 e. The van der Waals surface area contributed by atoms with E-state index < -0.39 is 0 Å². The molecule has 0 fully saturated rings. The Labute approximate surface area is 169 Å². The van der Waals surface area contributed by atoms with Crippen molar-refractivity contribution in [3.05, 3.63) is 69.7 Å². The first-order chi connectivity index (χ1) is 12.9. The highest BCUT2D eigenvalue weighted by Gasteiger charge is 2.38. The summed E-state index contributed by atoms with van der Waals surface area (Å²) in [5, 5.41) is 8.01. The highest BCUT2D eigenvalue weighted by Crippen LogP contribution is 2.51. The zero-order valence-corrected chi connectivity index (χ0v) is 16.8. The Morgan fingerprint density at radius 1 is 1.15 bits per heavy atom. The van der Waals surface area contributed by atoms with Gasteiger partial charge >= 0.3 is 0 Å². The first-order valence-corrected chi connectivity index (χ1v) is 10.0. The number of carbonyl (C=O) groups excluding carboxylic acids is 1. The number of rotatable bonds is 3. The Kier molecular flexibility index (Phi) is 4.92. The normalized spacial score (nSPS) is 22.9. The van der Waals surface area contributed by atoms with Crippen LogP contribution in [0.15, 0.2) is 48.6 Å². The number of amides is 1. The molecule has 2 aromatic carbocycles. The molecule has 2 N–H and O–H groups in total. The molecule has 0 bridgehead atoms. The molecule has 3 unspecified atom stereocenters. The van der Waals surface area contributed by atoms with E-state index in [-0.39, 0.29) is 17.9 Å². The second-order valence-electron chi connectivity index (χ2n) is 7.59. The zero-order chi connectivity index (χ0) is 19.1. The summed E-state index contributed by atoms with van der Waals surface area (Å²) in [6.45, 7) is 3.79. The monoisotopic (exact) mass is 400 g/mol. The Bertz CT molecular complexity index is 923. The second-order valence-corrected chi connectivity index (χ2v) is 8.43. The molecule has 27 heavy (non-hydrogen) atoms. The van der Waals surface area contributed by atoms with Crippen molar-refractivity contribution < 1.29 is 4.79 Å². The number of nitrogens with one attached hydrogen (secondary N) is 2. The molecule has 1 amide bonds. The van der Waals surface area contributed by atoms with Crippen LogP contribution in [-0.4, -0.2) is 5.91 Å². The molecule has 0 aromatic heterocycles. The Hall–Kier alpha value is -1.97. The first-order valence-electron chi connectivity index (χ1n) is 9.27. The van der Waals surface area contributed by atoms with Crippen molar-refractivity contribution in [2.24, 2.45) is 11.8 Å². The zero-order valence-electron chi connectivity index (χ0n) is 15.3. The van der Waals surface area contributed by atoms with Crippen molar-refractivity contribution >= 4 is 40.5 Å². The van der Waals surface area contributed by atoms with Crippen LogP contribution in [0.3, 0.4) is 0 Å². The number of benzene rings is 2. The molecular weight excluding hydrogens is 379 g/mol. The van der Waals surface area contributed by atoms with Gasteiger partial charge < -0.3 is 10.6 Å². The molecule has 3 atom stereocenters. The summed E-state index contributed by atoms with van der Waals surface area (Å²) in [6, 6.07) is 11.9. The van der Waals surface area contributed by atoms with Gasteiger partial charge in [-0.15, -0.1) is 0 Å². The third kappa shape index (κ3) is 3.46. The molecule has 1 aliphatic heterocycles. The Morgan fingerprint density at radius 3 is 2.70 bits per heavy atom. The fraction of sp³-hybridized carbons (Fsp3) is 0.318. The molecular formula is C22H22Cl2N2O. The molecule has 3 nitrogen and oxygen atoms in total. The van der Waals surface area contributed by atoms with Gasteiger partial charge in [0, 0.05) is 33.3 Å². The minimum atomic E-state index is -0.0466. The van der Waals surface area contributed by atoms with E-state index in [4.69, 9.17) is 23.2 Å². The van der Waals surface area contributed by atoms with Crippen LogP contribution >= 0.6 is 23.2 Å². The molecule has 0 saturated carbocycles. The van der Waals surface area contributed by atoms with E-state index in [0.717, 1.165) is 23.4 Å². The molecule has 140 valence electrons. The van der Waals surface area contributed by atoms with E-state index >= 15 is 0 Å². The average Bonchev–Trinajstić information content (AvgIpc) is 3.11. The number of hydrogen-bond acceptors (Lipinski definition) is 2. The molecule has 0 saturated heterocycles. The van der Waals surface area contributed by atoms with E-state index in [1.807, 2.05) is 38.1 Å². The minimum absolute atomic E-state index is 0.0306. The highest BCUT2D eigenvalue weighted by molar-refractivity contribution is 6.35. The van der Waals surface area contributed by atoms with Crippen LogP contribution in [0.5, 0.6) is 0 Å². The quantitative estimate of drug-likeness (QED) is 0.583. The van der Waals surface area contributed by atoms with Gasteiger partial charge in [0.15, 0.2) is 0 Å². The lowest BCUT2D eigenvalue weighted by molar-refractivity contribution is -0.118. The van der Waals surface area contributed by atoms with Crippen LogP contribution in [0.4, 0.5) is 11.4 Å². The fourth-order valence-electron chi connectivity index (χ4n) is 4.02. The fourth-order valence-corrected chi connectivity index (χ4v) is 4.55. The van der Waals surface area contributed by atoms with Crippen molar-refractivity contribution in [3.8, 4) is 0 Å². The van der Waals surface area contributed by atoms with Crippen molar-refractivity contribution in [2.45, 2.75) is 32.2 Å². The summed E-state index contributed by atoms with van der Waals surface area (Å²) in [6.07, 6.45) is 5.50. The van der Waals surface area contributed by atoms with E-state index in [2.05, 4.69) is 28.9 Å².